The Morgan fingerprint density at radius 1 is 1.41 bits per heavy atom. The van der Waals surface area contributed by atoms with Crippen molar-refractivity contribution in [3.05, 3.63) is 23.5 Å². The van der Waals surface area contributed by atoms with Crippen molar-refractivity contribution >= 4 is 11.7 Å². The van der Waals surface area contributed by atoms with Gasteiger partial charge in [0.05, 0.1) is 0 Å². The molecule has 4 nitrogen and oxygen atoms in total. The van der Waals surface area contributed by atoms with Crippen molar-refractivity contribution in [3.8, 4) is 0 Å². The second-order valence-electron chi connectivity index (χ2n) is 4.59. The maximum absolute atomic E-state index is 11.9. The molecule has 0 aliphatic carbocycles. The Morgan fingerprint density at radius 3 is 2.47 bits per heavy atom. The molecule has 0 spiro atoms. The summed E-state index contributed by atoms with van der Waals surface area (Å²) in [4.78, 5) is 25.8. The zero-order chi connectivity index (χ0) is 13.0. The Labute approximate surface area is 102 Å². The maximum Gasteiger partial charge on any atom is 0.267 e. The Balaban J connectivity index is 2.72. The number of hydrogen-bond acceptors (Lipinski definition) is 2. The molecule has 0 aliphatic rings. The van der Waals surface area contributed by atoms with Gasteiger partial charge in [0.2, 0.25) is 0 Å². The molecule has 0 aromatic carbocycles. The Kier molecular flexibility index (Phi) is 4.49. The maximum atomic E-state index is 11.9. The van der Waals surface area contributed by atoms with Crippen LogP contribution in [0.15, 0.2) is 12.3 Å². The molecular formula is C13H20N2O2. The van der Waals surface area contributed by atoms with Gasteiger partial charge in [-0.05, 0) is 25.3 Å². The van der Waals surface area contributed by atoms with E-state index in [-0.39, 0.29) is 17.7 Å². The molecule has 0 unspecified atom stereocenters. The smallest absolute Gasteiger partial charge is 0.267 e. The fraction of sp³-hybridized carbons (Fsp3) is 0.538. The predicted octanol–water partition coefficient (Wildman–Crippen LogP) is 2.38. The topological polar surface area (TPSA) is 62.0 Å². The number of H-pyrrole nitrogens is 1. The molecule has 94 valence electrons. The van der Waals surface area contributed by atoms with E-state index in [9.17, 15) is 9.59 Å². The minimum absolute atomic E-state index is 0.0452. The first-order chi connectivity index (χ1) is 7.95. The number of Topliss-reactive ketones (excluding diaryl/α,β-unsaturated/α-hetero) is 1. The molecule has 0 radical (unpaired) electrons. The predicted molar refractivity (Wildman–Crippen MR) is 67.2 cm³/mol. The second kappa shape index (κ2) is 5.66. The number of ketones is 1. The molecule has 2 N–H and O–H groups in total. The molecule has 0 saturated carbocycles. The van der Waals surface area contributed by atoms with E-state index in [0.717, 1.165) is 6.42 Å². The van der Waals surface area contributed by atoms with Crippen LogP contribution in [-0.4, -0.2) is 22.7 Å². The average Bonchev–Trinajstić information content (AvgIpc) is 2.74. The molecule has 4 heteroatoms. The third kappa shape index (κ3) is 3.44. The van der Waals surface area contributed by atoms with Gasteiger partial charge < -0.3 is 10.3 Å². The van der Waals surface area contributed by atoms with E-state index in [0.29, 0.717) is 17.2 Å². The van der Waals surface area contributed by atoms with E-state index in [1.54, 1.807) is 12.3 Å². The van der Waals surface area contributed by atoms with Gasteiger partial charge >= 0.3 is 0 Å². The van der Waals surface area contributed by atoms with Crippen LogP contribution in [0.3, 0.4) is 0 Å². The van der Waals surface area contributed by atoms with Gasteiger partial charge in [0.25, 0.3) is 5.91 Å². The van der Waals surface area contributed by atoms with E-state index in [1.807, 2.05) is 6.92 Å². The van der Waals surface area contributed by atoms with Crippen LogP contribution in [0.5, 0.6) is 0 Å². The Bertz CT molecular complexity index is 407. The molecule has 17 heavy (non-hydrogen) atoms. The van der Waals surface area contributed by atoms with Crippen LogP contribution in [0.25, 0.3) is 0 Å². The van der Waals surface area contributed by atoms with Crippen LogP contribution < -0.4 is 5.32 Å². The Hall–Kier alpha value is -1.58. The van der Waals surface area contributed by atoms with Gasteiger partial charge in [0.1, 0.15) is 5.69 Å². The summed E-state index contributed by atoms with van der Waals surface area (Å²) in [5, 5.41) is 2.95. The van der Waals surface area contributed by atoms with Crippen LogP contribution in [0, 0.1) is 5.92 Å². The number of nitrogens with one attached hydrogen (secondary N) is 2. The zero-order valence-corrected chi connectivity index (χ0v) is 10.8. The van der Waals surface area contributed by atoms with Gasteiger partial charge in [-0.3, -0.25) is 9.59 Å². The highest BCUT2D eigenvalue weighted by Crippen LogP contribution is 2.08. The van der Waals surface area contributed by atoms with Crippen LogP contribution in [-0.2, 0) is 0 Å². The number of hydrogen-bond donors (Lipinski definition) is 2. The lowest BCUT2D eigenvalue weighted by atomic mass is 10.0. The average molecular weight is 236 g/mol. The van der Waals surface area contributed by atoms with Crippen molar-refractivity contribution in [1.29, 1.82) is 0 Å². The third-order valence-corrected chi connectivity index (χ3v) is 2.90. The minimum atomic E-state index is -0.155. The van der Waals surface area contributed by atoms with Crippen LogP contribution in [0.2, 0.25) is 0 Å². The lowest BCUT2D eigenvalue weighted by molar-refractivity contribution is 0.0920. The van der Waals surface area contributed by atoms with Crippen molar-refractivity contribution in [2.75, 3.05) is 0 Å². The summed E-state index contributed by atoms with van der Waals surface area (Å²) in [6.45, 7) is 7.67. The van der Waals surface area contributed by atoms with E-state index in [4.69, 9.17) is 0 Å². The molecule has 1 amide bonds. The van der Waals surface area contributed by atoms with E-state index >= 15 is 0 Å². The van der Waals surface area contributed by atoms with E-state index in [1.165, 1.54) is 6.92 Å². The summed E-state index contributed by atoms with van der Waals surface area (Å²) in [6, 6.07) is 1.75. The molecule has 0 saturated heterocycles. The molecule has 0 fully saturated rings. The highest BCUT2D eigenvalue weighted by atomic mass is 16.2. The lowest BCUT2D eigenvalue weighted by Crippen LogP contribution is -2.38. The number of aromatic amines is 1. The summed E-state index contributed by atoms with van der Waals surface area (Å²) in [5.74, 6) is 0.195. The van der Waals surface area contributed by atoms with Crippen LogP contribution in [0.4, 0.5) is 0 Å². The zero-order valence-electron chi connectivity index (χ0n) is 10.8. The summed E-state index contributed by atoms with van der Waals surface area (Å²) < 4.78 is 0. The van der Waals surface area contributed by atoms with Crippen LogP contribution >= 0.6 is 0 Å². The number of rotatable bonds is 5. The van der Waals surface area contributed by atoms with Gasteiger partial charge in [-0.15, -0.1) is 0 Å². The number of carbonyl (C=O) groups is 2. The van der Waals surface area contributed by atoms with Crippen molar-refractivity contribution in [3.63, 3.8) is 0 Å². The van der Waals surface area contributed by atoms with E-state index < -0.39 is 0 Å². The molecule has 0 bridgehead atoms. The highest BCUT2D eigenvalue weighted by Gasteiger charge is 2.16. The van der Waals surface area contributed by atoms with Gasteiger partial charge in [-0.25, -0.2) is 0 Å². The summed E-state index contributed by atoms with van der Waals surface area (Å²) in [5.41, 5.74) is 0.974. The molecule has 1 aromatic heterocycles. The SMILES string of the molecule is CC[C@@H](NC(=O)c1cc(C(C)=O)c[nH]1)C(C)C. The normalized spacial score (nSPS) is 12.5. The largest absolute Gasteiger partial charge is 0.356 e. The molecule has 0 aliphatic heterocycles. The first-order valence-electron chi connectivity index (χ1n) is 5.96. The minimum Gasteiger partial charge on any atom is -0.356 e. The fourth-order valence-electron chi connectivity index (χ4n) is 1.71. The lowest BCUT2D eigenvalue weighted by Gasteiger charge is -2.20. The standard InChI is InChI=1S/C13H20N2O2/c1-5-11(8(2)3)15-13(17)12-6-10(7-14-12)9(4)16/h6-8,11,14H,5H2,1-4H3,(H,15,17)/t11-/m1/s1. The van der Waals surface area contributed by atoms with Crippen molar-refractivity contribution < 1.29 is 9.59 Å². The third-order valence-electron chi connectivity index (χ3n) is 2.90. The molecular weight excluding hydrogens is 216 g/mol. The van der Waals surface area contributed by atoms with Gasteiger partial charge in [0.15, 0.2) is 5.78 Å². The summed E-state index contributed by atoms with van der Waals surface area (Å²) in [6.07, 6.45) is 2.46. The van der Waals surface area contributed by atoms with Gasteiger partial charge in [0, 0.05) is 17.8 Å². The van der Waals surface area contributed by atoms with Crippen molar-refractivity contribution in [2.24, 2.45) is 5.92 Å². The summed E-state index contributed by atoms with van der Waals surface area (Å²) in [7, 11) is 0. The van der Waals surface area contributed by atoms with Crippen molar-refractivity contribution in [2.45, 2.75) is 40.2 Å². The molecule has 1 atom stereocenters. The quantitative estimate of drug-likeness (QED) is 0.771. The highest BCUT2D eigenvalue weighted by molar-refractivity contribution is 5.99. The number of carbonyl (C=O) groups excluding carboxylic acids is 2. The Morgan fingerprint density at radius 2 is 2.06 bits per heavy atom. The van der Waals surface area contributed by atoms with Crippen molar-refractivity contribution in [1.82, 2.24) is 10.3 Å². The second-order valence-corrected chi connectivity index (χ2v) is 4.59. The molecule has 1 rings (SSSR count). The first kappa shape index (κ1) is 13.5. The van der Waals surface area contributed by atoms with Gasteiger partial charge in [-0.2, -0.15) is 0 Å². The molecule has 1 aromatic rings. The summed E-state index contributed by atoms with van der Waals surface area (Å²) >= 11 is 0. The van der Waals surface area contributed by atoms with E-state index in [2.05, 4.69) is 24.1 Å². The number of aromatic nitrogens is 1. The number of amides is 1. The van der Waals surface area contributed by atoms with Gasteiger partial charge in [-0.1, -0.05) is 20.8 Å². The first-order valence-corrected chi connectivity index (χ1v) is 5.96. The monoisotopic (exact) mass is 236 g/mol. The van der Waals surface area contributed by atoms with Crippen LogP contribution in [0.1, 0.15) is 55.0 Å². The molecule has 1 heterocycles. The fourth-order valence-corrected chi connectivity index (χ4v) is 1.71.